The molecule has 0 saturated heterocycles. The fraction of sp³-hybridized carbons (Fsp3) is 0.500. The average Bonchev–Trinajstić information content (AvgIpc) is 2.29. The summed E-state index contributed by atoms with van der Waals surface area (Å²) in [5.41, 5.74) is 0.508. The van der Waals surface area contributed by atoms with Crippen LogP contribution in [0.15, 0.2) is 17.6 Å². The molecule has 1 rings (SSSR count). The summed E-state index contributed by atoms with van der Waals surface area (Å²) < 4.78 is 0. The average molecular weight is 225 g/mol. The summed E-state index contributed by atoms with van der Waals surface area (Å²) in [7, 11) is 0. The second kappa shape index (κ2) is 5.70. The molecule has 4 nitrogen and oxygen atoms in total. The van der Waals surface area contributed by atoms with Crippen molar-refractivity contribution < 1.29 is 4.79 Å². The van der Waals surface area contributed by atoms with Gasteiger partial charge in [0.05, 0.1) is 5.56 Å². The van der Waals surface area contributed by atoms with Crippen molar-refractivity contribution in [3.8, 4) is 0 Å². The highest BCUT2D eigenvalue weighted by Gasteiger charge is 2.09. The van der Waals surface area contributed by atoms with E-state index >= 15 is 0 Å². The highest BCUT2D eigenvalue weighted by Crippen LogP contribution is 2.07. The van der Waals surface area contributed by atoms with Crippen molar-refractivity contribution in [3.05, 3.63) is 18.0 Å². The van der Waals surface area contributed by atoms with Crippen molar-refractivity contribution in [3.63, 3.8) is 0 Å². The third kappa shape index (κ3) is 3.51. The minimum absolute atomic E-state index is 0.114. The SMILES string of the molecule is CC[C@@H](C)NC(=O)c1cnc(SC)nc1. The molecule has 0 saturated carbocycles. The maximum Gasteiger partial charge on any atom is 0.254 e. The lowest BCUT2D eigenvalue weighted by Crippen LogP contribution is -2.32. The van der Waals surface area contributed by atoms with Crippen LogP contribution in [-0.4, -0.2) is 28.2 Å². The predicted molar refractivity (Wildman–Crippen MR) is 61.0 cm³/mol. The molecular formula is C10H15N3OS. The summed E-state index contributed by atoms with van der Waals surface area (Å²) in [5.74, 6) is -0.114. The number of nitrogens with one attached hydrogen (secondary N) is 1. The van der Waals surface area contributed by atoms with E-state index in [9.17, 15) is 4.79 Å². The Kier molecular flexibility index (Phi) is 4.55. The van der Waals surface area contributed by atoms with Crippen LogP contribution in [0.4, 0.5) is 0 Å². The summed E-state index contributed by atoms with van der Waals surface area (Å²) in [5, 5.41) is 3.53. The number of nitrogens with zero attached hydrogens (tertiary/aromatic N) is 2. The van der Waals surface area contributed by atoms with Crippen LogP contribution in [0.3, 0.4) is 0 Å². The van der Waals surface area contributed by atoms with E-state index in [2.05, 4.69) is 15.3 Å². The monoisotopic (exact) mass is 225 g/mol. The number of amides is 1. The molecule has 1 N–H and O–H groups in total. The summed E-state index contributed by atoms with van der Waals surface area (Å²) in [4.78, 5) is 19.7. The molecule has 0 fully saturated rings. The first-order chi connectivity index (χ1) is 7.17. The first kappa shape index (κ1) is 12.0. The molecule has 0 unspecified atom stereocenters. The van der Waals surface area contributed by atoms with Gasteiger partial charge in [0.15, 0.2) is 5.16 Å². The smallest absolute Gasteiger partial charge is 0.254 e. The van der Waals surface area contributed by atoms with Crippen molar-refractivity contribution >= 4 is 17.7 Å². The maximum absolute atomic E-state index is 11.6. The Morgan fingerprint density at radius 2 is 2.13 bits per heavy atom. The number of thioether (sulfide) groups is 1. The molecule has 1 aromatic heterocycles. The zero-order valence-electron chi connectivity index (χ0n) is 9.15. The Morgan fingerprint density at radius 1 is 1.53 bits per heavy atom. The Bertz CT molecular complexity index is 326. The van der Waals surface area contributed by atoms with E-state index < -0.39 is 0 Å². The normalized spacial score (nSPS) is 12.2. The van der Waals surface area contributed by atoms with Gasteiger partial charge >= 0.3 is 0 Å². The number of hydrogen-bond acceptors (Lipinski definition) is 4. The lowest BCUT2D eigenvalue weighted by molar-refractivity contribution is 0.0938. The second-order valence-corrected chi connectivity index (χ2v) is 4.01. The van der Waals surface area contributed by atoms with Crippen molar-refractivity contribution in [2.45, 2.75) is 31.5 Å². The van der Waals surface area contributed by atoms with Crippen LogP contribution in [0.25, 0.3) is 0 Å². The van der Waals surface area contributed by atoms with Gasteiger partial charge in [0, 0.05) is 18.4 Å². The molecule has 0 bridgehead atoms. The Morgan fingerprint density at radius 3 is 2.60 bits per heavy atom. The zero-order valence-corrected chi connectivity index (χ0v) is 9.97. The van der Waals surface area contributed by atoms with Crippen molar-refractivity contribution in [2.75, 3.05) is 6.26 Å². The second-order valence-electron chi connectivity index (χ2n) is 3.24. The van der Waals surface area contributed by atoms with E-state index in [1.807, 2.05) is 20.1 Å². The van der Waals surface area contributed by atoms with Crippen LogP contribution in [-0.2, 0) is 0 Å². The molecule has 0 aliphatic carbocycles. The Labute approximate surface area is 93.9 Å². The van der Waals surface area contributed by atoms with Crippen LogP contribution in [0.2, 0.25) is 0 Å². The lowest BCUT2D eigenvalue weighted by Gasteiger charge is -2.10. The highest BCUT2D eigenvalue weighted by molar-refractivity contribution is 7.98. The Balaban J connectivity index is 2.66. The highest BCUT2D eigenvalue weighted by atomic mass is 32.2. The van der Waals surface area contributed by atoms with Gasteiger partial charge in [-0.25, -0.2) is 9.97 Å². The van der Waals surface area contributed by atoms with Crippen LogP contribution >= 0.6 is 11.8 Å². The predicted octanol–water partition coefficient (Wildman–Crippen LogP) is 1.73. The molecule has 0 aliphatic heterocycles. The summed E-state index contributed by atoms with van der Waals surface area (Å²) in [6, 6.07) is 0.178. The van der Waals surface area contributed by atoms with Crippen molar-refractivity contribution in [2.24, 2.45) is 0 Å². The zero-order chi connectivity index (χ0) is 11.3. The Hall–Kier alpha value is -1.10. The lowest BCUT2D eigenvalue weighted by atomic mass is 10.2. The van der Waals surface area contributed by atoms with Crippen molar-refractivity contribution in [1.29, 1.82) is 0 Å². The van der Waals surface area contributed by atoms with Crippen LogP contribution in [0.5, 0.6) is 0 Å². The molecule has 1 atom stereocenters. The van der Waals surface area contributed by atoms with Gasteiger partial charge in [-0.15, -0.1) is 0 Å². The topological polar surface area (TPSA) is 54.9 Å². The van der Waals surface area contributed by atoms with E-state index in [4.69, 9.17) is 0 Å². The van der Waals surface area contributed by atoms with Gasteiger partial charge in [0.1, 0.15) is 0 Å². The van der Waals surface area contributed by atoms with E-state index in [1.54, 1.807) is 12.4 Å². The number of carbonyl (C=O) groups excluding carboxylic acids is 1. The molecule has 1 heterocycles. The summed E-state index contributed by atoms with van der Waals surface area (Å²) in [6.07, 6.45) is 5.91. The first-order valence-corrected chi connectivity index (χ1v) is 6.06. The van der Waals surface area contributed by atoms with Gasteiger partial charge in [-0.2, -0.15) is 0 Å². The summed E-state index contributed by atoms with van der Waals surface area (Å²) in [6.45, 7) is 3.99. The first-order valence-electron chi connectivity index (χ1n) is 4.84. The molecule has 0 aliphatic rings. The molecule has 5 heteroatoms. The van der Waals surface area contributed by atoms with E-state index in [1.165, 1.54) is 11.8 Å². The quantitative estimate of drug-likeness (QED) is 0.626. The molecule has 1 aromatic rings. The van der Waals surface area contributed by atoms with Gasteiger partial charge in [0.2, 0.25) is 0 Å². The minimum atomic E-state index is -0.114. The fourth-order valence-electron chi connectivity index (χ4n) is 0.948. The van der Waals surface area contributed by atoms with E-state index in [0.29, 0.717) is 10.7 Å². The van der Waals surface area contributed by atoms with Crippen LogP contribution < -0.4 is 5.32 Å². The third-order valence-electron chi connectivity index (χ3n) is 2.06. The van der Waals surface area contributed by atoms with E-state index in [-0.39, 0.29) is 11.9 Å². The van der Waals surface area contributed by atoms with Gasteiger partial charge in [-0.05, 0) is 19.6 Å². The fourth-order valence-corrected chi connectivity index (χ4v) is 1.26. The van der Waals surface area contributed by atoms with Crippen LogP contribution in [0, 0.1) is 0 Å². The molecule has 0 radical (unpaired) electrons. The van der Waals surface area contributed by atoms with Gasteiger partial charge in [0.25, 0.3) is 5.91 Å². The van der Waals surface area contributed by atoms with Gasteiger partial charge in [-0.3, -0.25) is 4.79 Å². The molecule has 0 aromatic carbocycles. The molecule has 82 valence electrons. The number of carbonyl (C=O) groups is 1. The third-order valence-corrected chi connectivity index (χ3v) is 2.64. The number of aromatic nitrogens is 2. The molecule has 0 spiro atoms. The molecule has 15 heavy (non-hydrogen) atoms. The van der Waals surface area contributed by atoms with E-state index in [0.717, 1.165) is 6.42 Å². The maximum atomic E-state index is 11.6. The standard InChI is InChI=1S/C10H15N3OS/c1-4-7(2)13-9(14)8-5-11-10(15-3)12-6-8/h5-7H,4H2,1-3H3,(H,13,14)/t7-/m1/s1. The summed E-state index contributed by atoms with van der Waals surface area (Å²) >= 11 is 1.45. The van der Waals surface area contributed by atoms with Gasteiger partial charge in [-0.1, -0.05) is 18.7 Å². The minimum Gasteiger partial charge on any atom is -0.350 e. The number of rotatable bonds is 4. The number of hydrogen-bond donors (Lipinski definition) is 1. The largest absolute Gasteiger partial charge is 0.350 e. The van der Waals surface area contributed by atoms with Gasteiger partial charge < -0.3 is 5.32 Å². The molecular weight excluding hydrogens is 210 g/mol. The van der Waals surface area contributed by atoms with Crippen molar-refractivity contribution in [1.82, 2.24) is 15.3 Å². The van der Waals surface area contributed by atoms with Crippen LogP contribution in [0.1, 0.15) is 30.6 Å². The molecule has 1 amide bonds.